The number of piperazine rings is 1. The van der Waals surface area contributed by atoms with Crippen molar-refractivity contribution in [2.45, 2.75) is 24.9 Å². The molecule has 2 amide bonds. The Morgan fingerprint density at radius 3 is 2.67 bits per heavy atom. The number of carbonyl (C=O) groups is 2. The van der Waals surface area contributed by atoms with E-state index >= 15 is 0 Å². The van der Waals surface area contributed by atoms with E-state index in [1.807, 2.05) is 0 Å². The van der Waals surface area contributed by atoms with Crippen LogP contribution in [0.5, 0.6) is 0 Å². The SMILES string of the molecule is O=C1CNC(C(=O)NC2CN3CCC2CC3)CN1. The lowest BCUT2D eigenvalue weighted by atomic mass is 9.84. The summed E-state index contributed by atoms with van der Waals surface area (Å²) in [6, 6.07) is 0.0116. The van der Waals surface area contributed by atoms with Gasteiger partial charge in [-0.05, 0) is 31.8 Å². The van der Waals surface area contributed by atoms with E-state index in [0.717, 1.165) is 6.54 Å². The zero-order chi connectivity index (χ0) is 12.5. The van der Waals surface area contributed by atoms with Crippen molar-refractivity contribution >= 4 is 11.8 Å². The molecule has 4 heterocycles. The Morgan fingerprint density at radius 2 is 2.11 bits per heavy atom. The highest BCUT2D eigenvalue weighted by molar-refractivity contribution is 5.86. The van der Waals surface area contributed by atoms with E-state index in [-0.39, 0.29) is 24.4 Å². The fraction of sp³-hybridized carbons (Fsp3) is 0.833. The van der Waals surface area contributed by atoms with E-state index in [1.54, 1.807) is 0 Å². The summed E-state index contributed by atoms with van der Waals surface area (Å²) in [5, 5.41) is 8.82. The van der Waals surface area contributed by atoms with Crippen molar-refractivity contribution in [1.82, 2.24) is 20.9 Å². The molecule has 4 aliphatic rings. The molecule has 0 aromatic heterocycles. The Bertz CT molecular complexity index is 342. The van der Waals surface area contributed by atoms with Gasteiger partial charge in [-0.2, -0.15) is 0 Å². The predicted molar refractivity (Wildman–Crippen MR) is 65.9 cm³/mol. The van der Waals surface area contributed by atoms with Gasteiger partial charge in [0.2, 0.25) is 11.8 Å². The van der Waals surface area contributed by atoms with E-state index in [2.05, 4.69) is 20.9 Å². The Hall–Kier alpha value is -1.14. The summed E-state index contributed by atoms with van der Waals surface area (Å²) in [6.07, 6.45) is 2.39. The Balaban J connectivity index is 1.53. The molecular weight excluding hydrogens is 232 g/mol. The number of nitrogens with zero attached hydrogens (tertiary/aromatic N) is 1. The van der Waals surface area contributed by atoms with Gasteiger partial charge in [-0.1, -0.05) is 0 Å². The molecule has 0 aromatic rings. The number of amides is 2. The molecule has 18 heavy (non-hydrogen) atoms. The van der Waals surface area contributed by atoms with Crippen molar-refractivity contribution in [2.75, 3.05) is 32.7 Å². The number of hydrogen-bond acceptors (Lipinski definition) is 4. The summed E-state index contributed by atoms with van der Waals surface area (Å²) >= 11 is 0. The standard InChI is InChI=1S/C12H20N4O2/c17-11-6-13-9(5-14-11)12(18)15-10-7-16-3-1-8(10)2-4-16/h8-10,13H,1-7H2,(H,14,17)(H,15,18). The van der Waals surface area contributed by atoms with Gasteiger partial charge in [-0.25, -0.2) is 0 Å². The molecule has 2 bridgehead atoms. The van der Waals surface area contributed by atoms with E-state index in [9.17, 15) is 9.59 Å². The maximum atomic E-state index is 12.1. The summed E-state index contributed by atoms with van der Waals surface area (Å²) in [5.74, 6) is 0.618. The number of fused-ring (bicyclic) bond motifs is 3. The summed E-state index contributed by atoms with van der Waals surface area (Å²) < 4.78 is 0. The summed E-state index contributed by atoms with van der Waals surface area (Å²) in [7, 11) is 0. The number of nitrogens with one attached hydrogen (secondary N) is 3. The van der Waals surface area contributed by atoms with Crippen LogP contribution in [0.25, 0.3) is 0 Å². The normalized spacial score (nSPS) is 39.2. The minimum Gasteiger partial charge on any atom is -0.353 e. The first kappa shape index (κ1) is 11.9. The van der Waals surface area contributed by atoms with E-state index in [4.69, 9.17) is 0 Å². The number of piperidine rings is 3. The first-order valence-corrected chi connectivity index (χ1v) is 6.75. The maximum Gasteiger partial charge on any atom is 0.239 e. The van der Waals surface area contributed by atoms with Crippen molar-refractivity contribution in [2.24, 2.45) is 5.92 Å². The van der Waals surface area contributed by atoms with Gasteiger partial charge >= 0.3 is 0 Å². The summed E-state index contributed by atoms with van der Waals surface area (Å²) in [4.78, 5) is 25.5. The molecular formula is C12H20N4O2. The largest absolute Gasteiger partial charge is 0.353 e. The Kier molecular flexibility index (Phi) is 3.22. The van der Waals surface area contributed by atoms with Gasteiger partial charge in [-0.3, -0.25) is 14.9 Å². The molecule has 3 N–H and O–H groups in total. The highest BCUT2D eigenvalue weighted by Crippen LogP contribution is 2.27. The van der Waals surface area contributed by atoms with Crippen LogP contribution in [0.3, 0.4) is 0 Å². The van der Waals surface area contributed by atoms with Gasteiger partial charge in [0, 0.05) is 19.1 Å². The molecule has 2 unspecified atom stereocenters. The Morgan fingerprint density at radius 1 is 1.33 bits per heavy atom. The highest BCUT2D eigenvalue weighted by atomic mass is 16.2. The molecule has 4 saturated heterocycles. The van der Waals surface area contributed by atoms with Crippen molar-refractivity contribution in [1.29, 1.82) is 0 Å². The third-order valence-corrected chi connectivity index (χ3v) is 4.31. The van der Waals surface area contributed by atoms with Crippen molar-refractivity contribution < 1.29 is 9.59 Å². The van der Waals surface area contributed by atoms with Crippen molar-refractivity contribution in [3.63, 3.8) is 0 Å². The maximum absolute atomic E-state index is 12.1. The molecule has 0 spiro atoms. The van der Waals surface area contributed by atoms with E-state index in [1.165, 1.54) is 25.9 Å². The second-order valence-corrected chi connectivity index (χ2v) is 5.49. The van der Waals surface area contributed by atoms with Gasteiger partial charge in [0.05, 0.1) is 6.54 Å². The molecule has 0 aliphatic carbocycles. The second-order valence-electron chi connectivity index (χ2n) is 5.49. The van der Waals surface area contributed by atoms with Gasteiger partial charge < -0.3 is 15.5 Å². The number of rotatable bonds is 2. The number of carbonyl (C=O) groups excluding carboxylic acids is 2. The molecule has 0 radical (unpaired) electrons. The fourth-order valence-electron chi connectivity index (χ4n) is 3.16. The number of hydrogen-bond donors (Lipinski definition) is 3. The van der Waals surface area contributed by atoms with Crippen LogP contribution in [0, 0.1) is 5.92 Å². The molecule has 100 valence electrons. The minimum absolute atomic E-state index is 0.0220. The molecule has 0 aromatic carbocycles. The van der Waals surface area contributed by atoms with Gasteiger partial charge in [0.1, 0.15) is 6.04 Å². The average Bonchev–Trinajstić information content (AvgIpc) is 2.41. The van der Waals surface area contributed by atoms with Crippen LogP contribution in [0.4, 0.5) is 0 Å². The third-order valence-electron chi connectivity index (χ3n) is 4.31. The predicted octanol–water partition coefficient (Wildman–Crippen LogP) is -1.72. The van der Waals surface area contributed by atoms with Gasteiger partial charge in [0.15, 0.2) is 0 Å². The van der Waals surface area contributed by atoms with Crippen LogP contribution < -0.4 is 16.0 Å². The molecule has 6 heteroatoms. The lowest BCUT2D eigenvalue weighted by molar-refractivity contribution is -0.128. The summed E-state index contributed by atoms with van der Waals surface area (Å²) in [5.41, 5.74) is 0. The molecule has 6 nitrogen and oxygen atoms in total. The quantitative estimate of drug-likeness (QED) is 0.547. The van der Waals surface area contributed by atoms with Crippen LogP contribution >= 0.6 is 0 Å². The zero-order valence-corrected chi connectivity index (χ0v) is 10.4. The lowest BCUT2D eigenvalue weighted by Crippen LogP contribution is -2.63. The van der Waals surface area contributed by atoms with Crippen LogP contribution in [-0.2, 0) is 9.59 Å². The van der Waals surface area contributed by atoms with Crippen LogP contribution in [0.2, 0.25) is 0 Å². The smallest absolute Gasteiger partial charge is 0.239 e. The van der Waals surface area contributed by atoms with Crippen molar-refractivity contribution in [3.8, 4) is 0 Å². The Labute approximate surface area is 106 Å². The first-order chi connectivity index (χ1) is 8.72. The average molecular weight is 252 g/mol. The zero-order valence-electron chi connectivity index (χ0n) is 10.4. The highest BCUT2D eigenvalue weighted by Gasteiger charge is 2.36. The molecule has 4 rings (SSSR count). The second kappa shape index (κ2) is 4.85. The monoisotopic (exact) mass is 252 g/mol. The van der Waals surface area contributed by atoms with Crippen LogP contribution in [-0.4, -0.2) is 61.5 Å². The van der Waals surface area contributed by atoms with E-state index < -0.39 is 0 Å². The first-order valence-electron chi connectivity index (χ1n) is 6.75. The van der Waals surface area contributed by atoms with Gasteiger partial charge in [0.25, 0.3) is 0 Å². The van der Waals surface area contributed by atoms with Crippen LogP contribution in [0.15, 0.2) is 0 Å². The lowest BCUT2D eigenvalue weighted by Gasteiger charge is -2.45. The van der Waals surface area contributed by atoms with Gasteiger partial charge in [-0.15, -0.1) is 0 Å². The minimum atomic E-state index is -0.279. The third kappa shape index (κ3) is 2.35. The molecule has 2 atom stereocenters. The fourth-order valence-corrected chi connectivity index (χ4v) is 3.16. The summed E-state index contributed by atoms with van der Waals surface area (Å²) in [6.45, 7) is 3.96. The van der Waals surface area contributed by atoms with Crippen LogP contribution in [0.1, 0.15) is 12.8 Å². The molecule has 4 fully saturated rings. The van der Waals surface area contributed by atoms with Crippen molar-refractivity contribution in [3.05, 3.63) is 0 Å². The molecule has 0 saturated carbocycles. The van der Waals surface area contributed by atoms with E-state index in [0.29, 0.717) is 18.5 Å². The topological polar surface area (TPSA) is 73.5 Å². The molecule has 4 aliphatic heterocycles.